The minimum atomic E-state index is -0.846. The molecule has 0 bridgehead atoms. The topological polar surface area (TPSA) is 76.4 Å². The highest BCUT2D eigenvalue weighted by atomic mass is 16.5. The van der Waals surface area contributed by atoms with Crippen LogP contribution in [0.2, 0.25) is 0 Å². The van der Waals surface area contributed by atoms with Crippen LogP contribution in [0.1, 0.15) is 47.6 Å². The van der Waals surface area contributed by atoms with E-state index in [1.807, 2.05) is 56.3 Å². The normalized spacial score (nSPS) is 12.0. The van der Waals surface area contributed by atoms with Gasteiger partial charge in [-0.05, 0) is 41.8 Å². The maximum Gasteiger partial charge on any atom is 0.269 e. The maximum atomic E-state index is 12.4. The maximum absolute atomic E-state index is 12.4. The largest absolute Gasteiger partial charge is 0.457 e. The Hall–Kier alpha value is -3.12. The fraction of sp³-hybridized carbons (Fsp3) is 0.273. The molecule has 6 nitrogen and oxygen atoms in total. The first-order valence-electron chi connectivity index (χ1n) is 9.27. The summed E-state index contributed by atoms with van der Waals surface area (Å²) >= 11 is 0. The van der Waals surface area contributed by atoms with E-state index in [0.717, 1.165) is 11.4 Å². The van der Waals surface area contributed by atoms with Crippen LogP contribution in [0.4, 0.5) is 0 Å². The van der Waals surface area contributed by atoms with Crippen LogP contribution in [-0.4, -0.2) is 27.3 Å². The molecule has 0 spiro atoms. The van der Waals surface area contributed by atoms with E-state index in [1.54, 1.807) is 29.9 Å². The van der Waals surface area contributed by atoms with Crippen LogP contribution in [0.15, 0.2) is 60.7 Å². The van der Waals surface area contributed by atoms with Crippen LogP contribution in [-0.2, 0) is 7.05 Å². The van der Waals surface area contributed by atoms with Gasteiger partial charge in [-0.3, -0.25) is 9.48 Å². The molecule has 0 aliphatic carbocycles. The average molecular weight is 379 g/mol. The second kappa shape index (κ2) is 8.71. The molecule has 1 aromatic heterocycles. The predicted octanol–water partition coefficient (Wildman–Crippen LogP) is 3.80. The fourth-order valence-electron chi connectivity index (χ4n) is 2.79. The van der Waals surface area contributed by atoms with Gasteiger partial charge in [-0.15, -0.1) is 0 Å². The monoisotopic (exact) mass is 379 g/mol. The second-order valence-corrected chi connectivity index (χ2v) is 6.95. The highest BCUT2D eigenvalue weighted by Crippen LogP contribution is 2.24. The molecule has 0 saturated carbocycles. The van der Waals surface area contributed by atoms with Crippen molar-refractivity contribution in [1.82, 2.24) is 15.1 Å². The summed E-state index contributed by atoms with van der Waals surface area (Å²) < 4.78 is 7.36. The van der Waals surface area contributed by atoms with Crippen molar-refractivity contribution in [2.24, 2.45) is 7.05 Å². The summed E-state index contributed by atoms with van der Waals surface area (Å²) in [5.41, 5.74) is 2.00. The molecule has 3 rings (SSSR count). The van der Waals surface area contributed by atoms with E-state index in [4.69, 9.17) is 4.74 Å². The third kappa shape index (κ3) is 4.78. The van der Waals surface area contributed by atoms with Gasteiger partial charge in [0, 0.05) is 13.6 Å². The number of aryl methyl sites for hydroxylation is 1. The summed E-state index contributed by atoms with van der Waals surface area (Å²) in [7, 11) is 1.74. The van der Waals surface area contributed by atoms with E-state index < -0.39 is 6.10 Å². The van der Waals surface area contributed by atoms with Crippen LogP contribution < -0.4 is 10.1 Å². The van der Waals surface area contributed by atoms with Crippen LogP contribution >= 0.6 is 0 Å². The van der Waals surface area contributed by atoms with Crippen molar-refractivity contribution in [3.63, 3.8) is 0 Å². The van der Waals surface area contributed by atoms with Crippen molar-refractivity contribution in [3.05, 3.63) is 77.6 Å². The smallest absolute Gasteiger partial charge is 0.269 e. The van der Waals surface area contributed by atoms with Crippen molar-refractivity contribution in [3.8, 4) is 11.5 Å². The Morgan fingerprint density at radius 3 is 2.50 bits per heavy atom. The first kappa shape index (κ1) is 19.6. The van der Waals surface area contributed by atoms with Gasteiger partial charge in [-0.2, -0.15) is 5.10 Å². The minimum Gasteiger partial charge on any atom is -0.457 e. The molecular weight excluding hydrogens is 354 g/mol. The molecule has 3 aromatic rings. The first-order valence-corrected chi connectivity index (χ1v) is 9.27. The highest BCUT2D eigenvalue weighted by molar-refractivity contribution is 5.92. The Bertz CT molecular complexity index is 935. The fourth-order valence-corrected chi connectivity index (χ4v) is 2.79. The molecular formula is C22H25N3O3. The van der Waals surface area contributed by atoms with E-state index in [1.165, 1.54) is 0 Å². The number of hydrogen-bond acceptors (Lipinski definition) is 4. The van der Waals surface area contributed by atoms with E-state index >= 15 is 0 Å². The highest BCUT2D eigenvalue weighted by Gasteiger charge is 2.17. The lowest BCUT2D eigenvalue weighted by molar-refractivity contribution is 0.0907. The van der Waals surface area contributed by atoms with Crippen molar-refractivity contribution < 1.29 is 14.6 Å². The summed E-state index contributed by atoms with van der Waals surface area (Å²) in [4.78, 5) is 12.4. The van der Waals surface area contributed by atoms with Crippen molar-refractivity contribution in [2.45, 2.75) is 25.9 Å². The Balaban J connectivity index is 1.62. The number of para-hydroxylation sites is 1. The lowest BCUT2D eigenvalue weighted by Crippen LogP contribution is -2.29. The number of nitrogens with zero attached hydrogens (tertiary/aromatic N) is 2. The minimum absolute atomic E-state index is 0.0931. The van der Waals surface area contributed by atoms with Gasteiger partial charge in [0.15, 0.2) is 0 Å². The molecule has 0 radical (unpaired) electrons. The standard InChI is InChI=1S/C22H25N3O3/c1-15(2)19-13-20(25(3)24-19)22(27)23-14-21(26)16-8-7-11-18(12-16)28-17-9-5-4-6-10-17/h4-13,15,21,26H,14H2,1-3H3,(H,23,27)/t21-/m0/s1. The Kier molecular flexibility index (Phi) is 6.11. The Labute approximate surface area is 164 Å². The number of nitrogens with one attached hydrogen (secondary N) is 1. The number of carbonyl (C=O) groups excluding carboxylic acids is 1. The van der Waals surface area contributed by atoms with Gasteiger partial charge < -0.3 is 15.2 Å². The lowest BCUT2D eigenvalue weighted by Gasteiger charge is -2.14. The first-order chi connectivity index (χ1) is 13.4. The molecule has 2 aromatic carbocycles. The van der Waals surface area contributed by atoms with E-state index in [9.17, 15) is 9.90 Å². The molecule has 0 unspecified atom stereocenters. The van der Waals surface area contributed by atoms with E-state index in [0.29, 0.717) is 17.0 Å². The molecule has 6 heteroatoms. The number of benzene rings is 2. The van der Waals surface area contributed by atoms with Gasteiger partial charge >= 0.3 is 0 Å². The van der Waals surface area contributed by atoms with Gasteiger partial charge in [-0.25, -0.2) is 0 Å². The molecule has 146 valence electrons. The lowest BCUT2D eigenvalue weighted by atomic mass is 10.1. The van der Waals surface area contributed by atoms with Gasteiger partial charge in [0.1, 0.15) is 17.2 Å². The zero-order valence-electron chi connectivity index (χ0n) is 16.3. The number of aliphatic hydroxyl groups is 1. The molecule has 1 heterocycles. The van der Waals surface area contributed by atoms with Gasteiger partial charge in [0.2, 0.25) is 0 Å². The van der Waals surface area contributed by atoms with Crippen LogP contribution in [0, 0.1) is 0 Å². The van der Waals surface area contributed by atoms with Gasteiger partial charge in [-0.1, -0.05) is 44.2 Å². The van der Waals surface area contributed by atoms with Crippen molar-refractivity contribution in [1.29, 1.82) is 0 Å². The number of hydrogen-bond donors (Lipinski definition) is 2. The average Bonchev–Trinajstić information content (AvgIpc) is 3.09. The number of rotatable bonds is 7. The molecule has 1 atom stereocenters. The summed E-state index contributed by atoms with van der Waals surface area (Å²) in [5, 5.41) is 17.6. The molecule has 1 amide bonds. The summed E-state index contributed by atoms with van der Waals surface area (Å²) in [5.74, 6) is 1.32. The molecule has 2 N–H and O–H groups in total. The number of carbonyl (C=O) groups is 1. The van der Waals surface area contributed by atoms with Gasteiger partial charge in [0.05, 0.1) is 11.8 Å². The molecule has 28 heavy (non-hydrogen) atoms. The molecule has 0 aliphatic rings. The number of aliphatic hydroxyl groups excluding tert-OH is 1. The van der Waals surface area contributed by atoms with Gasteiger partial charge in [0.25, 0.3) is 5.91 Å². The molecule has 0 fully saturated rings. The number of aromatic nitrogens is 2. The third-order valence-corrected chi connectivity index (χ3v) is 4.40. The van der Waals surface area contributed by atoms with Crippen LogP contribution in [0.5, 0.6) is 11.5 Å². The summed E-state index contributed by atoms with van der Waals surface area (Å²) in [6, 6.07) is 18.4. The zero-order valence-corrected chi connectivity index (χ0v) is 16.3. The summed E-state index contributed by atoms with van der Waals surface area (Å²) in [6.07, 6.45) is -0.846. The van der Waals surface area contributed by atoms with Crippen LogP contribution in [0.25, 0.3) is 0 Å². The Morgan fingerprint density at radius 1 is 1.11 bits per heavy atom. The van der Waals surface area contributed by atoms with Crippen LogP contribution in [0.3, 0.4) is 0 Å². The Morgan fingerprint density at radius 2 is 1.82 bits per heavy atom. The molecule has 0 saturated heterocycles. The zero-order chi connectivity index (χ0) is 20.1. The SMILES string of the molecule is CC(C)c1cc(C(=O)NC[C@H](O)c2cccc(Oc3ccccc3)c2)n(C)n1. The third-order valence-electron chi connectivity index (χ3n) is 4.40. The second-order valence-electron chi connectivity index (χ2n) is 6.95. The summed E-state index contributed by atoms with van der Waals surface area (Å²) in [6.45, 7) is 4.15. The van der Waals surface area contributed by atoms with Crippen molar-refractivity contribution >= 4 is 5.91 Å². The number of amides is 1. The predicted molar refractivity (Wildman–Crippen MR) is 108 cm³/mol. The van der Waals surface area contributed by atoms with E-state index in [2.05, 4.69) is 10.4 Å². The molecule has 0 aliphatic heterocycles. The quantitative estimate of drug-likeness (QED) is 0.655. The van der Waals surface area contributed by atoms with E-state index in [-0.39, 0.29) is 18.4 Å². The number of ether oxygens (including phenoxy) is 1. The van der Waals surface area contributed by atoms with Crippen molar-refractivity contribution in [2.75, 3.05) is 6.54 Å².